The first kappa shape index (κ1) is 27.8. The Labute approximate surface area is 224 Å². The Bertz CT molecular complexity index is 1420. The van der Waals surface area contributed by atoms with Crippen molar-refractivity contribution in [3.63, 3.8) is 0 Å². The number of benzene rings is 2. The van der Waals surface area contributed by atoms with Crippen LogP contribution in [0.5, 0.6) is 0 Å². The molecule has 212 valence electrons. The average Bonchev–Trinajstić information content (AvgIpc) is 3.61. The third-order valence-corrected chi connectivity index (χ3v) is 7.42. The molecular weight excluding hydrogens is 542 g/mol. The number of alkyl halides is 6. The number of fused-ring (bicyclic) bond motifs is 1. The van der Waals surface area contributed by atoms with Gasteiger partial charge in [-0.1, -0.05) is 19.1 Å². The fourth-order valence-electron chi connectivity index (χ4n) is 5.30. The number of carbonyl (C=O) groups excluding carboxylic acids is 2. The summed E-state index contributed by atoms with van der Waals surface area (Å²) in [5, 5.41) is 16.8. The monoisotopic (exact) mass is 566 g/mol. The van der Waals surface area contributed by atoms with Crippen LogP contribution in [0.25, 0.3) is 0 Å². The van der Waals surface area contributed by atoms with Crippen LogP contribution in [-0.4, -0.2) is 59.1 Å². The van der Waals surface area contributed by atoms with E-state index in [1.54, 1.807) is 25.1 Å². The number of halogens is 6. The van der Waals surface area contributed by atoms with Gasteiger partial charge in [0.2, 0.25) is 0 Å². The molecule has 1 N–H and O–H groups in total. The molecule has 3 heterocycles. The highest BCUT2D eigenvalue weighted by Crippen LogP contribution is 2.40. The van der Waals surface area contributed by atoms with Crippen LogP contribution in [0.15, 0.2) is 46.6 Å². The molecule has 5 rings (SSSR count). The lowest BCUT2D eigenvalue weighted by Crippen LogP contribution is -2.30. The molecule has 3 aliphatic heterocycles. The van der Waals surface area contributed by atoms with Gasteiger partial charge in [0.15, 0.2) is 0 Å². The van der Waals surface area contributed by atoms with Gasteiger partial charge in [-0.2, -0.15) is 36.5 Å². The predicted octanol–water partition coefficient (Wildman–Crippen LogP) is 5.19. The average molecular weight is 567 g/mol. The molecule has 1 saturated heterocycles. The summed E-state index contributed by atoms with van der Waals surface area (Å²) in [6.07, 6.45) is -9.14. The number of amides is 2. The zero-order valence-electron chi connectivity index (χ0n) is 21.1. The third-order valence-electron chi connectivity index (χ3n) is 7.42. The van der Waals surface area contributed by atoms with E-state index >= 15 is 0 Å². The Kier molecular flexibility index (Phi) is 6.97. The number of hydrogen-bond acceptors (Lipinski definition) is 5. The molecule has 1 fully saturated rings. The summed E-state index contributed by atoms with van der Waals surface area (Å²) < 4.78 is 82.0. The highest BCUT2D eigenvalue weighted by Gasteiger charge is 2.44. The van der Waals surface area contributed by atoms with E-state index < -0.39 is 54.2 Å². The van der Waals surface area contributed by atoms with Crippen molar-refractivity contribution in [2.24, 2.45) is 16.1 Å². The Morgan fingerprint density at radius 2 is 1.90 bits per heavy atom. The molecule has 0 aromatic heterocycles. The number of nitrogens with zero attached hydrogens (tertiary/aromatic N) is 4. The molecule has 40 heavy (non-hydrogen) atoms. The smallest absolute Gasteiger partial charge is 0.391 e. The largest absolute Gasteiger partial charge is 0.416 e. The SMILES string of the molecule is C[C@H](CC1=NN=CC1C(F)(F)F)c1cccc(N2Cc3c(cc(C(=O)N4CC[C@H](O)C4)cc3C(F)(F)F)C2=O)c1. The van der Waals surface area contributed by atoms with Gasteiger partial charge in [-0.25, -0.2) is 0 Å². The molecule has 0 radical (unpaired) electrons. The van der Waals surface area contributed by atoms with Gasteiger partial charge >= 0.3 is 12.4 Å². The van der Waals surface area contributed by atoms with Crippen molar-refractivity contribution < 1.29 is 41.0 Å². The van der Waals surface area contributed by atoms with Crippen LogP contribution in [0, 0.1) is 5.92 Å². The van der Waals surface area contributed by atoms with Crippen LogP contribution in [0.4, 0.5) is 32.0 Å². The maximum atomic E-state index is 14.1. The van der Waals surface area contributed by atoms with Crippen molar-refractivity contribution in [1.29, 1.82) is 0 Å². The van der Waals surface area contributed by atoms with Crippen molar-refractivity contribution in [1.82, 2.24) is 4.90 Å². The molecule has 2 amide bonds. The van der Waals surface area contributed by atoms with Gasteiger partial charge < -0.3 is 14.9 Å². The number of carbonyl (C=O) groups is 2. The Balaban J connectivity index is 1.42. The Morgan fingerprint density at radius 1 is 1.15 bits per heavy atom. The molecule has 0 bridgehead atoms. The third kappa shape index (κ3) is 5.21. The van der Waals surface area contributed by atoms with E-state index in [0.29, 0.717) is 12.0 Å². The predicted molar refractivity (Wildman–Crippen MR) is 133 cm³/mol. The number of aliphatic hydroxyl groups is 1. The Morgan fingerprint density at radius 3 is 2.55 bits per heavy atom. The van der Waals surface area contributed by atoms with Crippen LogP contribution in [-0.2, 0) is 12.7 Å². The minimum Gasteiger partial charge on any atom is -0.391 e. The first-order chi connectivity index (χ1) is 18.7. The number of β-amino-alcohol motifs (C(OH)–C–C–N with tert-alkyl or cyclic N) is 1. The molecule has 0 saturated carbocycles. The second kappa shape index (κ2) is 10.0. The number of rotatable bonds is 5. The topological polar surface area (TPSA) is 85.6 Å². The highest BCUT2D eigenvalue weighted by atomic mass is 19.4. The van der Waals surface area contributed by atoms with Crippen LogP contribution in [0.1, 0.15) is 63.1 Å². The zero-order valence-corrected chi connectivity index (χ0v) is 21.1. The van der Waals surface area contributed by atoms with Crippen molar-refractivity contribution in [3.05, 3.63) is 64.2 Å². The quantitative estimate of drug-likeness (QED) is 0.506. The van der Waals surface area contributed by atoms with Crippen LogP contribution in [0.3, 0.4) is 0 Å². The lowest BCUT2D eigenvalue weighted by Gasteiger charge is -2.21. The van der Waals surface area contributed by atoms with E-state index in [2.05, 4.69) is 10.2 Å². The molecule has 7 nitrogen and oxygen atoms in total. The molecule has 1 unspecified atom stereocenters. The summed E-state index contributed by atoms with van der Waals surface area (Å²) in [6, 6.07) is 8.20. The first-order valence-corrected chi connectivity index (χ1v) is 12.5. The summed E-state index contributed by atoms with van der Waals surface area (Å²) in [5.41, 5.74) is -1.21. The van der Waals surface area contributed by atoms with Gasteiger partial charge in [0, 0.05) is 36.1 Å². The van der Waals surface area contributed by atoms with Crippen molar-refractivity contribution in [3.8, 4) is 0 Å². The maximum Gasteiger partial charge on any atom is 0.416 e. The van der Waals surface area contributed by atoms with Gasteiger partial charge in [0.05, 0.1) is 23.9 Å². The van der Waals surface area contributed by atoms with E-state index in [-0.39, 0.29) is 47.6 Å². The molecule has 0 aliphatic carbocycles. The first-order valence-electron chi connectivity index (χ1n) is 12.5. The van der Waals surface area contributed by atoms with Gasteiger partial charge in [-0.3, -0.25) is 9.59 Å². The second-order valence-electron chi connectivity index (χ2n) is 10.2. The van der Waals surface area contributed by atoms with Crippen molar-refractivity contribution in [2.45, 2.75) is 50.7 Å². The lowest BCUT2D eigenvalue weighted by atomic mass is 9.90. The summed E-state index contributed by atoms with van der Waals surface area (Å²) in [7, 11) is 0. The van der Waals surface area contributed by atoms with Crippen LogP contribution >= 0.6 is 0 Å². The molecule has 3 atom stereocenters. The zero-order chi connectivity index (χ0) is 29.0. The summed E-state index contributed by atoms with van der Waals surface area (Å²) in [5.74, 6) is -3.78. The fourth-order valence-corrected chi connectivity index (χ4v) is 5.30. The van der Waals surface area contributed by atoms with Crippen LogP contribution < -0.4 is 4.90 Å². The van der Waals surface area contributed by atoms with E-state index in [0.717, 1.165) is 23.2 Å². The minimum absolute atomic E-state index is 0.00934. The summed E-state index contributed by atoms with van der Waals surface area (Å²) in [4.78, 5) is 28.7. The number of hydrogen-bond donors (Lipinski definition) is 1. The molecule has 0 spiro atoms. The Hall–Kier alpha value is -3.74. The second-order valence-corrected chi connectivity index (χ2v) is 10.2. The normalized spacial score (nSPS) is 21.7. The number of likely N-dealkylation sites (tertiary alicyclic amines) is 1. The minimum atomic E-state index is -4.84. The lowest BCUT2D eigenvalue weighted by molar-refractivity contribution is -0.138. The van der Waals surface area contributed by atoms with Gasteiger partial charge in [-0.15, -0.1) is 0 Å². The van der Waals surface area contributed by atoms with E-state index in [1.807, 2.05) is 0 Å². The molecule has 2 aromatic rings. The van der Waals surface area contributed by atoms with Gasteiger partial charge in [0.1, 0.15) is 5.92 Å². The van der Waals surface area contributed by atoms with Crippen molar-refractivity contribution >= 4 is 29.4 Å². The maximum absolute atomic E-state index is 14.1. The standard InChI is InChI=1S/C27H24F6N4O3/c1-14(7-23-22(11-34-35-23)27(31,32)33)15-3-2-4-17(8-15)37-13-20-19(25(37)40)9-16(10-21(20)26(28,29)30)24(39)36-6-5-18(38)12-36/h2-4,8-11,14,18,22,38H,5-7,12-13H2,1H3/t14-,18+,22?/m1/s1. The van der Waals surface area contributed by atoms with E-state index in [1.165, 1.54) is 11.0 Å². The highest BCUT2D eigenvalue weighted by molar-refractivity contribution is 6.12. The van der Waals surface area contributed by atoms with Gasteiger partial charge in [-0.05, 0) is 54.2 Å². The fraction of sp³-hybridized carbons (Fsp3) is 0.407. The molecule has 3 aliphatic rings. The van der Waals surface area contributed by atoms with Gasteiger partial charge in [0.25, 0.3) is 11.8 Å². The number of anilines is 1. The molecule has 2 aromatic carbocycles. The summed E-state index contributed by atoms with van der Waals surface area (Å²) >= 11 is 0. The van der Waals surface area contributed by atoms with Crippen molar-refractivity contribution in [2.75, 3.05) is 18.0 Å². The number of aliphatic hydroxyl groups excluding tert-OH is 1. The van der Waals surface area contributed by atoms with E-state index in [4.69, 9.17) is 0 Å². The molecule has 13 heteroatoms. The molecular formula is C27H24F6N4O3. The summed E-state index contributed by atoms with van der Waals surface area (Å²) in [6.45, 7) is 1.47. The van der Waals surface area contributed by atoms with Crippen LogP contribution in [0.2, 0.25) is 0 Å². The van der Waals surface area contributed by atoms with E-state index in [9.17, 15) is 41.0 Å².